The number of ether oxygens (including phenoxy) is 1. The van der Waals surface area contributed by atoms with Gasteiger partial charge in [-0.1, -0.05) is 0 Å². The lowest BCUT2D eigenvalue weighted by Crippen LogP contribution is -2.64. The first-order valence-corrected chi connectivity index (χ1v) is 8.94. The normalized spacial score (nSPS) is 22.4. The van der Waals surface area contributed by atoms with Crippen LogP contribution in [0.5, 0.6) is 0 Å². The van der Waals surface area contributed by atoms with Crippen LogP contribution in [-0.4, -0.2) is 37.7 Å². The van der Waals surface area contributed by atoms with E-state index in [4.69, 9.17) is 10.1 Å². The van der Waals surface area contributed by atoms with Crippen LogP contribution in [0.1, 0.15) is 22.9 Å². The summed E-state index contributed by atoms with van der Waals surface area (Å²) in [4.78, 5) is 2.86. The maximum Gasteiger partial charge on any atom is 0.191 e. The zero-order valence-electron chi connectivity index (χ0n) is 14.8. The van der Waals surface area contributed by atoms with Crippen LogP contribution in [0, 0.1) is 28.1 Å². The summed E-state index contributed by atoms with van der Waals surface area (Å²) in [6.45, 7) is 2.65. The van der Waals surface area contributed by atoms with E-state index in [-0.39, 0.29) is 6.10 Å². The van der Waals surface area contributed by atoms with Gasteiger partial charge in [-0.2, -0.15) is 10.5 Å². The van der Waals surface area contributed by atoms with Crippen LogP contribution in [0.2, 0.25) is 0 Å². The highest BCUT2D eigenvalue weighted by molar-refractivity contribution is 7.10. The lowest BCUT2D eigenvalue weighted by atomic mass is 9.89. The van der Waals surface area contributed by atoms with Crippen LogP contribution in [0.4, 0.5) is 0 Å². The molecule has 6 nitrogen and oxygen atoms in total. The molecule has 2 atom stereocenters. The Morgan fingerprint density at radius 2 is 1.88 bits per heavy atom. The summed E-state index contributed by atoms with van der Waals surface area (Å²) < 4.78 is 5.69. The Morgan fingerprint density at radius 3 is 2.46 bits per heavy atom. The molecule has 2 heterocycles. The zero-order chi connectivity index (χ0) is 18.9. The second-order valence-electron chi connectivity index (χ2n) is 6.50. The molecule has 1 aliphatic rings. The van der Waals surface area contributed by atoms with E-state index in [2.05, 4.69) is 17.5 Å². The summed E-state index contributed by atoms with van der Waals surface area (Å²) in [5.41, 5.74) is 2.19. The molecule has 1 aromatic heterocycles. The van der Waals surface area contributed by atoms with E-state index >= 15 is 0 Å². The number of rotatable bonds is 3. The summed E-state index contributed by atoms with van der Waals surface area (Å²) in [6, 6.07) is 11.4. The van der Waals surface area contributed by atoms with Crippen LogP contribution in [-0.2, 0) is 10.3 Å². The van der Waals surface area contributed by atoms with Gasteiger partial charge in [0.15, 0.2) is 5.96 Å². The van der Waals surface area contributed by atoms with E-state index in [1.54, 1.807) is 36.6 Å². The first-order chi connectivity index (χ1) is 12.4. The Labute approximate surface area is 156 Å². The average Bonchev–Trinajstić information content (AvgIpc) is 3.15. The molecule has 0 spiro atoms. The molecule has 1 fully saturated rings. The topological polar surface area (TPSA) is 95.9 Å². The predicted molar refractivity (Wildman–Crippen MR) is 101 cm³/mol. The van der Waals surface area contributed by atoms with Crippen LogP contribution < -0.4 is 5.32 Å². The number of hydrogen-bond donors (Lipinski definition) is 2. The Kier molecular flexibility index (Phi) is 4.69. The van der Waals surface area contributed by atoms with Crippen LogP contribution in [0.15, 0.2) is 29.6 Å². The minimum atomic E-state index is -0.522. The number of hydrogen-bond acceptors (Lipinski definition) is 5. The smallest absolute Gasteiger partial charge is 0.191 e. The minimum Gasteiger partial charge on any atom is -0.377 e. The summed E-state index contributed by atoms with van der Waals surface area (Å²) in [5.74, 6) is 0.356. The van der Waals surface area contributed by atoms with E-state index in [1.165, 1.54) is 0 Å². The van der Waals surface area contributed by atoms with Gasteiger partial charge in [-0.05, 0) is 47.7 Å². The van der Waals surface area contributed by atoms with Gasteiger partial charge in [-0.3, -0.25) is 5.41 Å². The van der Waals surface area contributed by atoms with Crippen molar-refractivity contribution in [1.29, 1.82) is 15.9 Å². The fraction of sp³-hybridized carbons (Fsp3) is 0.316. The molecule has 0 radical (unpaired) electrons. The molecule has 26 heavy (non-hydrogen) atoms. The third-order valence-electron chi connectivity index (χ3n) is 4.76. The van der Waals surface area contributed by atoms with E-state index in [9.17, 15) is 10.5 Å². The van der Waals surface area contributed by atoms with Gasteiger partial charge in [0.1, 0.15) is 6.10 Å². The zero-order valence-corrected chi connectivity index (χ0v) is 15.6. The highest BCUT2D eigenvalue weighted by atomic mass is 32.1. The number of nitrogens with one attached hydrogen (secondary N) is 2. The van der Waals surface area contributed by atoms with Gasteiger partial charge in [0.25, 0.3) is 0 Å². The SMILES string of the molecule is COC1CN(C)C(=N)NC1(C)c1cc(-c2cc(C#N)cc(C#N)c2)cs1. The van der Waals surface area contributed by atoms with Crippen molar-refractivity contribution in [3.05, 3.63) is 45.6 Å². The fourth-order valence-electron chi connectivity index (χ4n) is 3.16. The molecule has 2 aromatic rings. The molecule has 132 valence electrons. The van der Waals surface area contributed by atoms with Crippen molar-refractivity contribution in [2.75, 3.05) is 20.7 Å². The minimum absolute atomic E-state index is 0.117. The summed E-state index contributed by atoms with van der Waals surface area (Å²) in [6.07, 6.45) is -0.117. The monoisotopic (exact) mass is 365 g/mol. The Morgan fingerprint density at radius 1 is 1.23 bits per heavy atom. The highest BCUT2D eigenvalue weighted by Gasteiger charge is 2.43. The number of nitrogens with zero attached hydrogens (tertiary/aromatic N) is 3. The number of guanidine groups is 1. The Bertz CT molecular complexity index is 906. The summed E-state index contributed by atoms with van der Waals surface area (Å²) in [5, 5.41) is 31.8. The second-order valence-corrected chi connectivity index (χ2v) is 7.41. The van der Waals surface area contributed by atoms with E-state index in [0.717, 1.165) is 16.0 Å². The van der Waals surface area contributed by atoms with Crippen LogP contribution in [0.25, 0.3) is 11.1 Å². The third kappa shape index (κ3) is 3.03. The van der Waals surface area contributed by atoms with Crippen molar-refractivity contribution in [1.82, 2.24) is 10.2 Å². The third-order valence-corrected chi connectivity index (χ3v) is 5.93. The molecule has 0 saturated carbocycles. The average molecular weight is 365 g/mol. The molecule has 2 unspecified atom stereocenters. The number of thiophene rings is 1. The second kappa shape index (κ2) is 6.80. The molecule has 0 amide bonds. The van der Waals surface area contributed by atoms with Crippen molar-refractivity contribution in [3.8, 4) is 23.3 Å². The van der Waals surface area contributed by atoms with Crippen molar-refractivity contribution in [3.63, 3.8) is 0 Å². The molecule has 1 saturated heterocycles. The van der Waals surface area contributed by atoms with E-state index in [1.807, 2.05) is 30.3 Å². The molecule has 1 aliphatic heterocycles. The maximum absolute atomic E-state index is 9.19. The van der Waals surface area contributed by atoms with Crippen LogP contribution in [0.3, 0.4) is 0 Å². The number of likely N-dealkylation sites (N-methyl/N-ethyl adjacent to an activating group) is 1. The highest BCUT2D eigenvalue weighted by Crippen LogP contribution is 2.37. The quantitative estimate of drug-likeness (QED) is 0.872. The van der Waals surface area contributed by atoms with Gasteiger partial charge < -0.3 is 15.0 Å². The summed E-state index contributed by atoms with van der Waals surface area (Å²) in [7, 11) is 3.54. The van der Waals surface area contributed by atoms with Gasteiger partial charge in [0, 0.05) is 25.6 Å². The van der Waals surface area contributed by atoms with Gasteiger partial charge in [-0.15, -0.1) is 11.3 Å². The molecule has 7 heteroatoms. The van der Waals surface area contributed by atoms with Crippen molar-refractivity contribution in [2.45, 2.75) is 18.6 Å². The first-order valence-electron chi connectivity index (χ1n) is 8.06. The van der Waals surface area contributed by atoms with E-state index < -0.39 is 5.54 Å². The first kappa shape index (κ1) is 17.9. The maximum atomic E-state index is 9.19. The largest absolute Gasteiger partial charge is 0.377 e. The van der Waals surface area contributed by atoms with Gasteiger partial charge in [-0.25, -0.2) is 0 Å². The number of methoxy groups -OCH3 is 1. The standard InChI is InChI=1S/C19H19N5OS/c1-19(16(25-3)10-24(2)18(22)23-19)17-7-15(11-26-17)14-5-12(8-20)4-13(6-14)9-21/h4-7,11,16H,10H2,1-3H3,(H2,22,23). The van der Waals surface area contributed by atoms with Crippen LogP contribution >= 0.6 is 11.3 Å². The molecular weight excluding hydrogens is 346 g/mol. The van der Waals surface area contributed by atoms with E-state index in [0.29, 0.717) is 23.6 Å². The number of benzene rings is 1. The lowest BCUT2D eigenvalue weighted by Gasteiger charge is -2.45. The molecule has 3 rings (SSSR count). The van der Waals surface area contributed by atoms with Crippen molar-refractivity contribution < 1.29 is 4.74 Å². The Balaban J connectivity index is 2.01. The molecule has 2 N–H and O–H groups in total. The molecule has 0 aliphatic carbocycles. The fourth-order valence-corrected chi connectivity index (χ4v) is 4.24. The molecular formula is C19H19N5OS. The van der Waals surface area contributed by atoms with Gasteiger partial charge >= 0.3 is 0 Å². The molecule has 0 bridgehead atoms. The summed E-state index contributed by atoms with van der Waals surface area (Å²) >= 11 is 1.58. The molecule has 1 aromatic carbocycles. The van der Waals surface area contributed by atoms with Gasteiger partial charge in [0.2, 0.25) is 0 Å². The lowest BCUT2D eigenvalue weighted by molar-refractivity contribution is 0.00473. The Hall–Kier alpha value is -2.87. The van der Waals surface area contributed by atoms with Gasteiger partial charge in [0.05, 0.1) is 28.8 Å². The van der Waals surface area contributed by atoms with Crippen molar-refractivity contribution >= 4 is 17.3 Å². The van der Waals surface area contributed by atoms with Crippen molar-refractivity contribution in [2.24, 2.45) is 0 Å². The predicted octanol–water partition coefficient (Wildman–Crippen LogP) is 2.86. The number of nitriles is 2.